The molecule has 0 bridgehead atoms. The molecule has 1 aliphatic heterocycles. The molecule has 0 radical (unpaired) electrons. The van der Waals surface area contributed by atoms with Crippen LogP contribution in [0.1, 0.15) is 17.2 Å². The molecule has 0 saturated heterocycles. The summed E-state index contributed by atoms with van der Waals surface area (Å²) in [6.07, 6.45) is 1.94. The molecule has 2 heterocycles. The fourth-order valence-corrected chi connectivity index (χ4v) is 3.13. The fraction of sp³-hybridized carbons (Fsp3) is 0.0625. The van der Waals surface area contributed by atoms with Crippen LogP contribution in [0.25, 0.3) is 5.70 Å². The van der Waals surface area contributed by atoms with Gasteiger partial charge in [0, 0.05) is 15.7 Å². The first-order valence-electron chi connectivity index (χ1n) is 7.09. The summed E-state index contributed by atoms with van der Waals surface area (Å²) in [6, 6.07) is 11.2. The highest BCUT2D eigenvalue weighted by Crippen LogP contribution is 2.35. The van der Waals surface area contributed by atoms with Gasteiger partial charge in [-0.1, -0.05) is 34.4 Å². The molecular weight excluding hydrogens is 352 g/mol. The lowest BCUT2D eigenvalue weighted by Crippen LogP contribution is -2.20. The van der Waals surface area contributed by atoms with Gasteiger partial charge in [0.05, 0.1) is 0 Å². The Labute approximate surface area is 146 Å². The molecular formula is C16H10Cl2FN5. The third-order valence-electron chi connectivity index (χ3n) is 3.76. The van der Waals surface area contributed by atoms with Crippen molar-refractivity contribution in [3.05, 3.63) is 75.5 Å². The van der Waals surface area contributed by atoms with Gasteiger partial charge < -0.3 is 5.32 Å². The average molecular weight is 362 g/mol. The smallest absolute Gasteiger partial charge is 0.248 e. The third kappa shape index (κ3) is 2.64. The highest BCUT2D eigenvalue weighted by Gasteiger charge is 2.25. The van der Waals surface area contributed by atoms with Crippen LogP contribution in [-0.4, -0.2) is 20.2 Å². The maximum Gasteiger partial charge on any atom is 0.248 e. The van der Waals surface area contributed by atoms with E-state index in [0.29, 0.717) is 16.0 Å². The SMILES string of the molecule is Fc1ccc(C2=CC(c3ccc(Cl)cc3Cl)n3nnnc3N2)cc1. The maximum atomic E-state index is 13.2. The van der Waals surface area contributed by atoms with E-state index in [4.69, 9.17) is 23.2 Å². The first-order chi connectivity index (χ1) is 11.6. The van der Waals surface area contributed by atoms with Gasteiger partial charge in [-0.05, 0) is 64.0 Å². The number of benzene rings is 2. The number of nitrogens with one attached hydrogen (secondary N) is 1. The third-order valence-corrected chi connectivity index (χ3v) is 4.33. The Morgan fingerprint density at radius 3 is 2.62 bits per heavy atom. The Hall–Kier alpha value is -2.44. The fourth-order valence-electron chi connectivity index (χ4n) is 2.61. The first-order valence-corrected chi connectivity index (χ1v) is 7.85. The molecule has 4 rings (SSSR count). The summed E-state index contributed by atoms with van der Waals surface area (Å²) in [7, 11) is 0. The topological polar surface area (TPSA) is 55.6 Å². The Morgan fingerprint density at radius 1 is 1.08 bits per heavy atom. The first kappa shape index (κ1) is 15.1. The lowest BCUT2D eigenvalue weighted by atomic mass is 10.0. The molecule has 8 heteroatoms. The van der Waals surface area contributed by atoms with Crippen LogP contribution in [0.5, 0.6) is 0 Å². The normalized spacial score (nSPS) is 16.3. The summed E-state index contributed by atoms with van der Waals surface area (Å²) in [6.45, 7) is 0. The van der Waals surface area contributed by atoms with Crippen molar-refractivity contribution in [2.24, 2.45) is 0 Å². The standard InChI is InChI=1S/C16H10Cl2FN5/c17-10-3-6-12(13(18)7-10)15-8-14(9-1-4-11(19)5-2-9)20-16-21-22-23-24(15)16/h1-8,15H,(H,20,21,23). The molecule has 1 N–H and O–H groups in total. The zero-order chi connectivity index (χ0) is 16.7. The Kier molecular flexibility index (Phi) is 3.70. The zero-order valence-electron chi connectivity index (χ0n) is 12.1. The summed E-state index contributed by atoms with van der Waals surface area (Å²) in [5.41, 5.74) is 2.41. The van der Waals surface area contributed by atoms with Crippen molar-refractivity contribution in [3.63, 3.8) is 0 Å². The van der Waals surface area contributed by atoms with Gasteiger partial charge in [0.1, 0.15) is 11.9 Å². The molecule has 1 unspecified atom stereocenters. The molecule has 5 nitrogen and oxygen atoms in total. The number of rotatable bonds is 2. The van der Waals surface area contributed by atoms with Crippen LogP contribution in [0.2, 0.25) is 10.0 Å². The minimum Gasteiger partial charge on any atom is -0.323 e. The molecule has 1 aromatic heterocycles. The van der Waals surface area contributed by atoms with E-state index in [1.807, 2.05) is 12.1 Å². The van der Waals surface area contributed by atoms with Crippen LogP contribution in [0, 0.1) is 5.82 Å². The van der Waals surface area contributed by atoms with Gasteiger partial charge in [-0.25, -0.2) is 4.39 Å². The average Bonchev–Trinajstić information content (AvgIpc) is 3.03. The highest BCUT2D eigenvalue weighted by atomic mass is 35.5. The van der Waals surface area contributed by atoms with Gasteiger partial charge in [-0.2, -0.15) is 4.68 Å². The van der Waals surface area contributed by atoms with E-state index in [2.05, 4.69) is 20.8 Å². The Bertz CT molecular complexity index is 936. The number of anilines is 1. The van der Waals surface area contributed by atoms with E-state index >= 15 is 0 Å². The number of aromatic nitrogens is 4. The van der Waals surface area contributed by atoms with Crippen molar-refractivity contribution in [1.82, 2.24) is 20.2 Å². The lowest BCUT2D eigenvalue weighted by Gasteiger charge is -2.24. The maximum absolute atomic E-state index is 13.2. The van der Waals surface area contributed by atoms with E-state index in [1.165, 1.54) is 12.1 Å². The lowest BCUT2D eigenvalue weighted by molar-refractivity contribution is 0.586. The van der Waals surface area contributed by atoms with Gasteiger partial charge in [0.25, 0.3) is 0 Å². The molecule has 0 amide bonds. The second-order valence-corrected chi connectivity index (χ2v) is 6.11. The van der Waals surface area contributed by atoms with Crippen molar-refractivity contribution < 1.29 is 4.39 Å². The predicted octanol–water partition coefficient (Wildman–Crippen LogP) is 4.18. The van der Waals surface area contributed by atoms with Crippen molar-refractivity contribution >= 4 is 34.8 Å². The van der Waals surface area contributed by atoms with E-state index in [9.17, 15) is 4.39 Å². The van der Waals surface area contributed by atoms with E-state index in [-0.39, 0.29) is 11.9 Å². The van der Waals surface area contributed by atoms with E-state index in [1.54, 1.807) is 28.9 Å². The van der Waals surface area contributed by atoms with Crippen LogP contribution >= 0.6 is 23.2 Å². The van der Waals surface area contributed by atoms with E-state index < -0.39 is 0 Å². The van der Waals surface area contributed by atoms with Crippen molar-refractivity contribution in [2.45, 2.75) is 6.04 Å². The van der Waals surface area contributed by atoms with Gasteiger partial charge in [-0.3, -0.25) is 0 Å². The molecule has 0 saturated carbocycles. The highest BCUT2D eigenvalue weighted by molar-refractivity contribution is 6.35. The molecule has 1 atom stereocenters. The molecule has 24 heavy (non-hydrogen) atoms. The van der Waals surface area contributed by atoms with Crippen molar-refractivity contribution in [3.8, 4) is 0 Å². The molecule has 0 aliphatic carbocycles. The second kappa shape index (κ2) is 5.89. The number of allylic oxidation sites excluding steroid dienone is 1. The van der Waals surface area contributed by atoms with Crippen LogP contribution in [0.15, 0.2) is 48.5 Å². The molecule has 3 aromatic rings. The quantitative estimate of drug-likeness (QED) is 0.743. The van der Waals surface area contributed by atoms with Crippen molar-refractivity contribution in [1.29, 1.82) is 0 Å². The van der Waals surface area contributed by atoms with Crippen LogP contribution < -0.4 is 5.32 Å². The molecule has 0 spiro atoms. The van der Waals surface area contributed by atoms with Gasteiger partial charge in [-0.15, -0.1) is 0 Å². The number of hydrogen-bond donors (Lipinski definition) is 1. The van der Waals surface area contributed by atoms with Crippen LogP contribution in [0.3, 0.4) is 0 Å². The van der Waals surface area contributed by atoms with Gasteiger partial charge in [0.15, 0.2) is 0 Å². The summed E-state index contributed by atoms with van der Waals surface area (Å²) in [5.74, 6) is 0.185. The van der Waals surface area contributed by atoms with Crippen LogP contribution in [-0.2, 0) is 0 Å². The van der Waals surface area contributed by atoms with Gasteiger partial charge in [0.2, 0.25) is 5.95 Å². The molecule has 1 aliphatic rings. The largest absolute Gasteiger partial charge is 0.323 e. The monoisotopic (exact) mass is 361 g/mol. The summed E-state index contributed by atoms with van der Waals surface area (Å²) < 4.78 is 14.8. The molecule has 120 valence electrons. The number of tetrazole rings is 1. The molecule has 0 fully saturated rings. The Balaban J connectivity index is 1.83. The van der Waals surface area contributed by atoms with E-state index in [0.717, 1.165) is 16.8 Å². The summed E-state index contributed by atoms with van der Waals surface area (Å²) >= 11 is 12.3. The van der Waals surface area contributed by atoms with Gasteiger partial charge >= 0.3 is 0 Å². The minimum absolute atomic E-state index is 0.294. The number of fused-ring (bicyclic) bond motifs is 1. The van der Waals surface area contributed by atoms with Crippen LogP contribution in [0.4, 0.5) is 10.3 Å². The minimum atomic E-state index is -0.305. The number of hydrogen-bond acceptors (Lipinski definition) is 4. The summed E-state index contributed by atoms with van der Waals surface area (Å²) in [5, 5.41) is 15.9. The summed E-state index contributed by atoms with van der Waals surface area (Å²) in [4.78, 5) is 0. The number of nitrogens with zero attached hydrogens (tertiary/aromatic N) is 4. The number of halogens is 3. The zero-order valence-corrected chi connectivity index (χ0v) is 13.6. The van der Waals surface area contributed by atoms with Crippen molar-refractivity contribution in [2.75, 3.05) is 5.32 Å². The predicted molar refractivity (Wildman–Crippen MR) is 90.4 cm³/mol. The Morgan fingerprint density at radius 2 is 1.88 bits per heavy atom. The molecule has 2 aromatic carbocycles. The second-order valence-electron chi connectivity index (χ2n) is 5.27.